The molecule has 0 aliphatic heterocycles. The van der Waals surface area contributed by atoms with Crippen LogP contribution < -0.4 is 10.6 Å². The predicted octanol–water partition coefficient (Wildman–Crippen LogP) is 4.59. The molecule has 0 fully saturated rings. The van der Waals surface area contributed by atoms with Crippen molar-refractivity contribution in [2.45, 2.75) is 0 Å². The molecule has 3 aromatic rings. The van der Waals surface area contributed by atoms with E-state index in [4.69, 9.17) is 23.8 Å². The van der Waals surface area contributed by atoms with E-state index in [0.717, 1.165) is 10.1 Å². The molecule has 6 nitrogen and oxygen atoms in total. The molecule has 2 N–H and O–H groups in total. The minimum Gasteiger partial charge on any atom is -0.332 e. The molecule has 0 saturated heterocycles. The standard InChI is InChI=1S/C16H10ClN3O3S2/c17-13-11-6-1-2-7-12(11)25-14(13)15(21)19-16(24)18-9-4-3-5-10(8-9)20(22)23/h1-8H,(H2,18,19,21,24). The van der Waals surface area contributed by atoms with Gasteiger partial charge in [0, 0.05) is 27.9 Å². The maximum atomic E-state index is 12.4. The summed E-state index contributed by atoms with van der Waals surface area (Å²) in [5.74, 6) is -0.436. The van der Waals surface area contributed by atoms with Gasteiger partial charge in [-0.25, -0.2) is 0 Å². The largest absolute Gasteiger partial charge is 0.332 e. The van der Waals surface area contributed by atoms with E-state index in [9.17, 15) is 14.9 Å². The summed E-state index contributed by atoms with van der Waals surface area (Å²) in [5, 5.41) is 17.3. The molecule has 126 valence electrons. The van der Waals surface area contributed by atoms with Crippen LogP contribution in [-0.4, -0.2) is 15.9 Å². The highest BCUT2D eigenvalue weighted by Gasteiger charge is 2.18. The maximum absolute atomic E-state index is 12.4. The number of nitro groups is 1. The van der Waals surface area contributed by atoms with Crippen LogP contribution in [0.25, 0.3) is 10.1 Å². The number of amides is 1. The number of nitrogens with zero attached hydrogens (tertiary/aromatic N) is 1. The van der Waals surface area contributed by atoms with E-state index in [-0.39, 0.29) is 10.8 Å². The van der Waals surface area contributed by atoms with Gasteiger partial charge in [-0.15, -0.1) is 11.3 Å². The molecule has 0 saturated carbocycles. The topological polar surface area (TPSA) is 84.3 Å². The molecule has 9 heteroatoms. The molecular weight excluding hydrogens is 382 g/mol. The fourth-order valence-corrected chi connectivity index (χ4v) is 3.80. The van der Waals surface area contributed by atoms with Crippen LogP contribution in [0.1, 0.15) is 9.67 Å². The Morgan fingerprint density at radius 1 is 1.20 bits per heavy atom. The van der Waals surface area contributed by atoms with Gasteiger partial charge in [-0.3, -0.25) is 20.2 Å². The summed E-state index contributed by atoms with van der Waals surface area (Å²) in [7, 11) is 0. The second-order valence-electron chi connectivity index (χ2n) is 4.96. The Morgan fingerprint density at radius 3 is 2.68 bits per heavy atom. The van der Waals surface area contributed by atoms with Crippen molar-refractivity contribution in [3.63, 3.8) is 0 Å². The molecule has 0 atom stereocenters. The van der Waals surface area contributed by atoms with Gasteiger partial charge in [0.2, 0.25) is 0 Å². The number of carbonyl (C=O) groups excluding carboxylic acids is 1. The number of non-ortho nitro benzene ring substituents is 1. The Hall–Kier alpha value is -2.55. The van der Waals surface area contributed by atoms with Crippen molar-refractivity contribution in [2.75, 3.05) is 5.32 Å². The first-order chi connectivity index (χ1) is 12.0. The van der Waals surface area contributed by atoms with Gasteiger partial charge < -0.3 is 5.32 Å². The monoisotopic (exact) mass is 391 g/mol. The van der Waals surface area contributed by atoms with E-state index >= 15 is 0 Å². The first kappa shape index (κ1) is 17.3. The second-order valence-corrected chi connectivity index (χ2v) is 6.80. The van der Waals surface area contributed by atoms with Gasteiger partial charge in [0.1, 0.15) is 4.88 Å². The minimum absolute atomic E-state index is 0.0269. The molecule has 0 radical (unpaired) electrons. The Bertz CT molecular complexity index is 1000. The van der Waals surface area contributed by atoms with Gasteiger partial charge in [0.25, 0.3) is 11.6 Å². The van der Waals surface area contributed by atoms with Crippen molar-refractivity contribution in [1.29, 1.82) is 0 Å². The van der Waals surface area contributed by atoms with Crippen molar-refractivity contribution in [1.82, 2.24) is 5.32 Å². The zero-order valence-corrected chi connectivity index (χ0v) is 14.9. The highest BCUT2D eigenvalue weighted by Crippen LogP contribution is 2.34. The normalized spacial score (nSPS) is 10.4. The van der Waals surface area contributed by atoms with Crippen molar-refractivity contribution < 1.29 is 9.72 Å². The number of hydrogen-bond donors (Lipinski definition) is 2. The van der Waals surface area contributed by atoms with Crippen molar-refractivity contribution in [3.05, 3.63) is 68.5 Å². The lowest BCUT2D eigenvalue weighted by molar-refractivity contribution is -0.384. The predicted molar refractivity (Wildman–Crippen MR) is 104 cm³/mol. The number of rotatable bonds is 3. The number of hydrogen-bond acceptors (Lipinski definition) is 5. The number of anilines is 1. The van der Waals surface area contributed by atoms with Gasteiger partial charge in [0.15, 0.2) is 5.11 Å². The Kier molecular flexibility index (Phi) is 4.93. The fraction of sp³-hybridized carbons (Fsp3) is 0. The zero-order valence-electron chi connectivity index (χ0n) is 12.5. The average molecular weight is 392 g/mol. The fourth-order valence-electron chi connectivity index (χ4n) is 2.18. The average Bonchev–Trinajstić information content (AvgIpc) is 2.92. The molecule has 25 heavy (non-hydrogen) atoms. The molecule has 1 heterocycles. The zero-order chi connectivity index (χ0) is 18.0. The lowest BCUT2D eigenvalue weighted by Gasteiger charge is -2.08. The number of thiocarbonyl (C=S) groups is 1. The van der Waals surface area contributed by atoms with E-state index in [1.54, 1.807) is 6.07 Å². The number of thiophene rings is 1. The molecule has 1 aromatic heterocycles. The lowest BCUT2D eigenvalue weighted by atomic mass is 10.2. The van der Waals surface area contributed by atoms with Gasteiger partial charge in [-0.05, 0) is 24.4 Å². The summed E-state index contributed by atoms with van der Waals surface area (Å²) in [6.07, 6.45) is 0. The van der Waals surface area contributed by atoms with Crippen LogP contribution in [-0.2, 0) is 0 Å². The van der Waals surface area contributed by atoms with Gasteiger partial charge in [-0.2, -0.15) is 0 Å². The first-order valence-corrected chi connectivity index (χ1v) is 8.60. The van der Waals surface area contributed by atoms with Gasteiger partial charge in [0.05, 0.1) is 9.95 Å². The maximum Gasteiger partial charge on any atom is 0.271 e. The Labute approximate surface area is 156 Å². The van der Waals surface area contributed by atoms with Gasteiger partial charge >= 0.3 is 0 Å². The molecular formula is C16H10ClN3O3S2. The summed E-state index contributed by atoms with van der Waals surface area (Å²) in [5.41, 5.74) is 0.327. The minimum atomic E-state index is -0.510. The number of nitrogens with one attached hydrogen (secondary N) is 2. The Morgan fingerprint density at radius 2 is 1.96 bits per heavy atom. The summed E-state index contributed by atoms with van der Waals surface area (Å²) in [6.45, 7) is 0. The summed E-state index contributed by atoms with van der Waals surface area (Å²) in [4.78, 5) is 23.0. The molecule has 0 aliphatic rings. The number of fused-ring (bicyclic) bond motifs is 1. The number of nitro benzene ring substituents is 1. The third-order valence-electron chi connectivity index (χ3n) is 3.28. The summed E-state index contributed by atoms with van der Waals surface area (Å²) < 4.78 is 0.898. The number of halogens is 1. The Balaban J connectivity index is 1.74. The molecule has 1 amide bonds. The van der Waals surface area contributed by atoms with Crippen LogP contribution in [0.2, 0.25) is 5.02 Å². The van der Waals surface area contributed by atoms with Gasteiger partial charge in [-0.1, -0.05) is 35.9 Å². The van der Waals surface area contributed by atoms with Crippen molar-refractivity contribution in [3.8, 4) is 0 Å². The summed E-state index contributed by atoms with van der Waals surface area (Å²) in [6, 6.07) is 13.2. The van der Waals surface area contributed by atoms with Crippen LogP contribution in [0.4, 0.5) is 11.4 Å². The molecule has 3 rings (SSSR count). The van der Waals surface area contributed by atoms with Crippen LogP contribution >= 0.6 is 35.2 Å². The van der Waals surface area contributed by atoms with Crippen LogP contribution in [0.3, 0.4) is 0 Å². The third-order valence-corrected chi connectivity index (χ3v) is 5.16. The number of carbonyl (C=O) groups is 1. The lowest BCUT2D eigenvalue weighted by Crippen LogP contribution is -2.33. The van der Waals surface area contributed by atoms with Crippen molar-refractivity contribution >= 4 is 67.6 Å². The third kappa shape index (κ3) is 3.76. The SMILES string of the molecule is O=C(NC(=S)Nc1cccc([N+](=O)[O-])c1)c1sc2ccccc2c1Cl. The quantitative estimate of drug-likeness (QED) is 0.387. The smallest absolute Gasteiger partial charge is 0.271 e. The number of benzene rings is 2. The van der Waals surface area contributed by atoms with Crippen LogP contribution in [0, 0.1) is 10.1 Å². The van der Waals surface area contributed by atoms with Crippen molar-refractivity contribution in [2.24, 2.45) is 0 Å². The molecule has 0 bridgehead atoms. The molecule has 2 aromatic carbocycles. The molecule has 0 unspecified atom stereocenters. The first-order valence-electron chi connectivity index (χ1n) is 6.99. The van der Waals surface area contributed by atoms with E-state index < -0.39 is 10.8 Å². The van der Waals surface area contributed by atoms with E-state index in [2.05, 4.69) is 10.6 Å². The highest BCUT2D eigenvalue weighted by molar-refractivity contribution is 7.80. The van der Waals surface area contributed by atoms with E-state index in [1.807, 2.05) is 24.3 Å². The second kappa shape index (κ2) is 7.14. The molecule has 0 spiro atoms. The van der Waals surface area contributed by atoms with E-state index in [0.29, 0.717) is 15.6 Å². The molecule has 0 aliphatic carbocycles. The highest BCUT2D eigenvalue weighted by atomic mass is 35.5. The van der Waals surface area contributed by atoms with Crippen LogP contribution in [0.15, 0.2) is 48.5 Å². The summed E-state index contributed by atoms with van der Waals surface area (Å²) >= 11 is 12.6. The van der Waals surface area contributed by atoms with E-state index in [1.165, 1.54) is 29.5 Å². The van der Waals surface area contributed by atoms with Crippen LogP contribution in [0.5, 0.6) is 0 Å².